The van der Waals surface area contributed by atoms with Crippen molar-refractivity contribution in [3.05, 3.63) is 35.4 Å². The Hall–Kier alpha value is -1.55. The summed E-state index contributed by atoms with van der Waals surface area (Å²) >= 11 is 0. The van der Waals surface area contributed by atoms with Gasteiger partial charge in [0.05, 0.1) is 6.04 Å². The Labute approximate surface area is 108 Å². The summed E-state index contributed by atoms with van der Waals surface area (Å²) in [7, 11) is 0. The molecule has 1 atom stereocenters. The van der Waals surface area contributed by atoms with Gasteiger partial charge in [0, 0.05) is 6.04 Å². The molecule has 1 aromatic carbocycles. The Morgan fingerprint density at radius 1 is 1.22 bits per heavy atom. The molecule has 1 unspecified atom stereocenters. The zero-order valence-electron chi connectivity index (χ0n) is 10.5. The average Bonchev–Trinajstić information content (AvgIpc) is 3.22. The van der Waals surface area contributed by atoms with Crippen LogP contribution in [-0.2, 0) is 6.42 Å². The van der Waals surface area contributed by atoms with Crippen LogP contribution in [-0.4, -0.2) is 12.0 Å². The van der Waals surface area contributed by atoms with Crippen LogP contribution in [0.1, 0.15) is 42.9 Å². The molecule has 2 aliphatic carbocycles. The first kappa shape index (κ1) is 11.5. The zero-order chi connectivity index (χ0) is 12.4. The van der Waals surface area contributed by atoms with Crippen LogP contribution in [0.5, 0.6) is 0 Å². The van der Waals surface area contributed by atoms with Crippen molar-refractivity contribution in [3.63, 3.8) is 0 Å². The molecule has 0 aliphatic heterocycles. The van der Waals surface area contributed by atoms with Gasteiger partial charge in [-0.25, -0.2) is 10.8 Å². The third-order valence-corrected chi connectivity index (χ3v) is 3.68. The molecule has 4 nitrogen and oxygen atoms in total. The molecule has 18 heavy (non-hydrogen) atoms. The lowest BCUT2D eigenvalue weighted by molar-refractivity contribution is 0.566. The van der Waals surface area contributed by atoms with Crippen LogP contribution in [0.3, 0.4) is 0 Å². The minimum atomic E-state index is 0.243. The molecule has 3 rings (SSSR count). The summed E-state index contributed by atoms with van der Waals surface area (Å²) in [6, 6.07) is 9.41. The lowest BCUT2D eigenvalue weighted by Gasteiger charge is -2.23. The van der Waals surface area contributed by atoms with E-state index >= 15 is 0 Å². The third-order valence-electron chi connectivity index (χ3n) is 3.68. The normalized spacial score (nSPS) is 23.4. The maximum absolute atomic E-state index is 5.54. The molecule has 0 spiro atoms. The number of nitrogens with one attached hydrogen (secondary N) is 2. The highest BCUT2D eigenvalue weighted by molar-refractivity contribution is 5.80. The highest BCUT2D eigenvalue weighted by Crippen LogP contribution is 2.32. The van der Waals surface area contributed by atoms with Gasteiger partial charge < -0.3 is 5.32 Å². The lowest BCUT2D eigenvalue weighted by Crippen LogP contribution is -2.43. The fourth-order valence-electron chi connectivity index (χ4n) is 2.56. The van der Waals surface area contributed by atoms with E-state index in [1.54, 1.807) is 0 Å². The molecule has 96 valence electrons. The molecule has 4 N–H and O–H groups in total. The van der Waals surface area contributed by atoms with Crippen molar-refractivity contribution in [2.45, 2.75) is 44.2 Å². The summed E-state index contributed by atoms with van der Waals surface area (Å²) < 4.78 is 0. The molecule has 0 saturated heterocycles. The number of hydrazine groups is 1. The third kappa shape index (κ3) is 2.48. The second kappa shape index (κ2) is 4.98. The fourth-order valence-corrected chi connectivity index (χ4v) is 2.56. The maximum atomic E-state index is 5.54. The summed E-state index contributed by atoms with van der Waals surface area (Å²) in [4.78, 5) is 4.74. The molecule has 0 radical (unpaired) electrons. The van der Waals surface area contributed by atoms with Gasteiger partial charge in [-0.1, -0.05) is 24.3 Å². The number of nitrogens with zero attached hydrogens (tertiary/aromatic N) is 1. The Balaban J connectivity index is 1.81. The van der Waals surface area contributed by atoms with Crippen LogP contribution in [0.4, 0.5) is 0 Å². The van der Waals surface area contributed by atoms with Crippen molar-refractivity contribution in [1.82, 2.24) is 10.7 Å². The topological polar surface area (TPSA) is 62.4 Å². The Morgan fingerprint density at radius 2 is 2.06 bits per heavy atom. The quantitative estimate of drug-likeness (QED) is 0.321. The van der Waals surface area contributed by atoms with Crippen LogP contribution >= 0.6 is 0 Å². The molecule has 1 saturated carbocycles. The number of nitrogens with two attached hydrogens (primary N) is 1. The van der Waals surface area contributed by atoms with Crippen molar-refractivity contribution >= 4 is 5.96 Å². The number of guanidine groups is 1. The number of hydrogen-bond acceptors (Lipinski definition) is 2. The van der Waals surface area contributed by atoms with Gasteiger partial charge in [0.15, 0.2) is 0 Å². The van der Waals surface area contributed by atoms with Crippen molar-refractivity contribution < 1.29 is 0 Å². The average molecular weight is 244 g/mol. The molecule has 4 heteroatoms. The lowest BCUT2D eigenvalue weighted by atomic mass is 9.88. The van der Waals surface area contributed by atoms with Gasteiger partial charge in [0.2, 0.25) is 5.96 Å². The minimum Gasteiger partial charge on any atom is -0.353 e. The van der Waals surface area contributed by atoms with Gasteiger partial charge in [-0.2, -0.15) is 0 Å². The van der Waals surface area contributed by atoms with E-state index in [1.165, 1.54) is 36.8 Å². The van der Waals surface area contributed by atoms with Crippen molar-refractivity contribution in [2.75, 3.05) is 0 Å². The number of rotatable bonds is 2. The van der Waals surface area contributed by atoms with E-state index in [4.69, 9.17) is 10.8 Å². The number of aryl methyl sites for hydroxylation is 1. The van der Waals surface area contributed by atoms with Gasteiger partial charge in [0.1, 0.15) is 0 Å². The number of aliphatic imine (C=N–C) groups is 1. The Morgan fingerprint density at radius 3 is 2.83 bits per heavy atom. The summed E-state index contributed by atoms with van der Waals surface area (Å²) in [5.41, 5.74) is 5.48. The molecule has 0 aromatic heterocycles. The van der Waals surface area contributed by atoms with Crippen LogP contribution < -0.4 is 16.6 Å². The second-order valence-corrected chi connectivity index (χ2v) is 5.15. The van der Waals surface area contributed by atoms with E-state index in [9.17, 15) is 0 Å². The predicted octanol–water partition coefficient (Wildman–Crippen LogP) is 1.64. The summed E-state index contributed by atoms with van der Waals surface area (Å²) in [6.07, 6.45) is 5.93. The van der Waals surface area contributed by atoms with Crippen molar-refractivity contribution in [3.8, 4) is 0 Å². The number of hydrogen-bond donors (Lipinski definition) is 3. The molecule has 0 amide bonds. The first-order valence-electron chi connectivity index (χ1n) is 6.75. The van der Waals surface area contributed by atoms with Gasteiger partial charge in [-0.05, 0) is 43.2 Å². The SMILES string of the molecule is NNC(=NC1CCCc2ccccc21)NC1CC1. The van der Waals surface area contributed by atoms with Gasteiger partial charge >= 0.3 is 0 Å². The van der Waals surface area contributed by atoms with Crippen molar-refractivity contribution in [2.24, 2.45) is 10.8 Å². The second-order valence-electron chi connectivity index (χ2n) is 5.15. The first-order valence-corrected chi connectivity index (χ1v) is 6.75. The van der Waals surface area contributed by atoms with Crippen molar-refractivity contribution in [1.29, 1.82) is 0 Å². The highest BCUT2D eigenvalue weighted by atomic mass is 15.3. The summed E-state index contributed by atoms with van der Waals surface area (Å²) in [5.74, 6) is 6.28. The van der Waals surface area contributed by atoms with Gasteiger partial charge in [0.25, 0.3) is 0 Å². The first-order chi connectivity index (χ1) is 8.86. The van der Waals surface area contributed by atoms with E-state index in [-0.39, 0.29) is 6.04 Å². The molecular weight excluding hydrogens is 224 g/mol. The van der Waals surface area contributed by atoms with Crippen LogP contribution in [0.15, 0.2) is 29.3 Å². The predicted molar refractivity (Wildman–Crippen MR) is 73.0 cm³/mol. The maximum Gasteiger partial charge on any atom is 0.206 e. The molecule has 0 bridgehead atoms. The van der Waals surface area contributed by atoms with E-state index in [2.05, 4.69) is 35.0 Å². The molecule has 0 heterocycles. The Bertz CT molecular complexity index is 451. The molecule has 1 aromatic rings. The van der Waals surface area contributed by atoms with E-state index in [0.29, 0.717) is 6.04 Å². The molecular formula is C14H20N4. The van der Waals surface area contributed by atoms with E-state index < -0.39 is 0 Å². The van der Waals surface area contributed by atoms with Crippen LogP contribution in [0, 0.1) is 0 Å². The highest BCUT2D eigenvalue weighted by Gasteiger charge is 2.24. The summed E-state index contributed by atoms with van der Waals surface area (Å²) in [6.45, 7) is 0. The largest absolute Gasteiger partial charge is 0.353 e. The fraction of sp³-hybridized carbons (Fsp3) is 0.500. The van der Waals surface area contributed by atoms with Crippen LogP contribution in [0.25, 0.3) is 0 Å². The number of fused-ring (bicyclic) bond motifs is 1. The summed E-state index contributed by atoms with van der Waals surface area (Å²) in [5, 5.41) is 3.33. The van der Waals surface area contributed by atoms with Crippen LogP contribution in [0.2, 0.25) is 0 Å². The zero-order valence-corrected chi connectivity index (χ0v) is 10.5. The monoisotopic (exact) mass is 244 g/mol. The van der Waals surface area contributed by atoms with Gasteiger partial charge in [-0.3, -0.25) is 5.43 Å². The van der Waals surface area contributed by atoms with E-state index in [0.717, 1.165) is 12.4 Å². The van der Waals surface area contributed by atoms with Gasteiger partial charge in [-0.15, -0.1) is 0 Å². The molecule has 2 aliphatic rings. The number of benzene rings is 1. The molecule has 1 fully saturated rings. The smallest absolute Gasteiger partial charge is 0.206 e. The standard InChI is InChI=1S/C14H20N4/c15-18-14(16-11-8-9-11)17-13-7-3-5-10-4-1-2-6-12(10)13/h1-2,4,6,11,13H,3,5,7-9,15H2,(H2,16,17,18). The minimum absolute atomic E-state index is 0.243. The Kier molecular flexibility index (Phi) is 3.19. The van der Waals surface area contributed by atoms with E-state index in [1.807, 2.05) is 0 Å².